The zero-order valence-corrected chi connectivity index (χ0v) is 12.7. The molecule has 0 atom stereocenters. The van der Waals surface area contributed by atoms with E-state index in [2.05, 4.69) is 0 Å². The lowest BCUT2D eigenvalue weighted by Crippen LogP contribution is -2.47. The quantitative estimate of drug-likeness (QED) is 0.624. The molecular weight excluding hydrogens is 232 g/mol. The highest BCUT2D eigenvalue weighted by molar-refractivity contribution is 6.60. The van der Waals surface area contributed by atoms with Gasteiger partial charge in [-0.1, -0.05) is 32.1 Å². The van der Waals surface area contributed by atoms with Crippen molar-refractivity contribution in [2.45, 2.75) is 58.9 Å². The third-order valence-corrected chi connectivity index (χ3v) is 6.62. The van der Waals surface area contributed by atoms with E-state index in [4.69, 9.17) is 13.3 Å². The molecule has 0 aromatic rings. The largest absolute Gasteiger partial charge is 0.501 e. The lowest BCUT2D eigenvalue weighted by atomic mass is 9.91. The van der Waals surface area contributed by atoms with Gasteiger partial charge in [0, 0.05) is 25.9 Å². The van der Waals surface area contributed by atoms with Gasteiger partial charge < -0.3 is 13.3 Å². The first-order valence-corrected chi connectivity index (χ1v) is 9.11. The van der Waals surface area contributed by atoms with E-state index in [-0.39, 0.29) is 0 Å². The highest BCUT2D eigenvalue weighted by Crippen LogP contribution is 2.32. The average molecular weight is 260 g/mol. The van der Waals surface area contributed by atoms with E-state index < -0.39 is 8.80 Å². The average Bonchev–Trinajstić information content (AvgIpc) is 2.31. The lowest BCUT2D eigenvalue weighted by molar-refractivity contribution is 0.0651. The summed E-state index contributed by atoms with van der Waals surface area (Å²) in [6, 6.07) is 1.02. The van der Waals surface area contributed by atoms with Crippen molar-refractivity contribution in [1.82, 2.24) is 0 Å². The predicted molar refractivity (Wildman–Crippen MR) is 72.0 cm³/mol. The van der Waals surface area contributed by atoms with Gasteiger partial charge in [0.1, 0.15) is 0 Å². The summed E-state index contributed by atoms with van der Waals surface area (Å²) in [7, 11) is -2.38. The number of hydrogen-bond acceptors (Lipinski definition) is 3. The summed E-state index contributed by atoms with van der Waals surface area (Å²) in [5.41, 5.74) is 0. The third-order valence-electron chi connectivity index (χ3n) is 3.36. The van der Waals surface area contributed by atoms with E-state index in [0.29, 0.717) is 19.8 Å². The molecule has 0 aliphatic heterocycles. The van der Waals surface area contributed by atoms with Gasteiger partial charge in [-0.05, 0) is 26.7 Å². The summed E-state index contributed by atoms with van der Waals surface area (Å²) >= 11 is 0. The summed E-state index contributed by atoms with van der Waals surface area (Å²) in [5, 5.41) is 0. The highest BCUT2D eigenvalue weighted by atomic mass is 28.4. The van der Waals surface area contributed by atoms with Crippen LogP contribution in [-0.2, 0) is 13.3 Å². The molecule has 0 saturated heterocycles. The minimum Gasteiger partial charge on any atom is -0.374 e. The fourth-order valence-electron chi connectivity index (χ4n) is 2.71. The van der Waals surface area contributed by atoms with E-state index >= 15 is 0 Å². The van der Waals surface area contributed by atoms with Crippen LogP contribution < -0.4 is 0 Å². The summed E-state index contributed by atoms with van der Waals surface area (Å²) in [6.07, 6.45) is 6.76. The zero-order chi connectivity index (χ0) is 12.6. The van der Waals surface area contributed by atoms with Gasteiger partial charge in [-0.2, -0.15) is 0 Å². The molecule has 1 rings (SSSR count). The van der Waals surface area contributed by atoms with Gasteiger partial charge >= 0.3 is 8.80 Å². The van der Waals surface area contributed by atoms with Gasteiger partial charge in [0.05, 0.1) is 0 Å². The van der Waals surface area contributed by atoms with Gasteiger partial charge in [0.2, 0.25) is 0 Å². The lowest BCUT2D eigenvalue weighted by Gasteiger charge is -2.33. The van der Waals surface area contributed by atoms with Crippen LogP contribution in [0.3, 0.4) is 0 Å². The maximum atomic E-state index is 5.91. The molecule has 4 heteroatoms. The number of rotatable bonds is 8. The van der Waals surface area contributed by atoms with Gasteiger partial charge in [-0.25, -0.2) is 0 Å². The molecule has 102 valence electrons. The van der Waals surface area contributed by atoms with Crippen LogP contribution in [0, 0.1) is 5.92 Å². The minimum absolute atomic E-state index is 0.693. The molecule has 0 bridgehead atoms. The van der Waals surface area contributed by atoms with Crippen molar-refractivity contribution in [3.8, 4) is 0 Å². The normalized spacial score (nSPS) is 18.5. The SMILES string of the molecule is CCO[Si](CC1CCCCC1)(OCC)OCC. The van der Waals surface area contributed by atoms with Crippen molar-refractivity contribution in [2.24, 2.45) is 5.92 Å². The summed E-state index contributed by atoms with van der Waals surface area (Å²) in [6.45, 7) is 8.17. The van der Waals surface area contributed by atoms with E-state index in [0.717, 1.165) is 12.0 Å². The fraction of sp³-hybridized carbons (Fsp3) is 1.00. The monoisotopic (exact) mass is 260 g/mol. The van der Waals surface area contributed by atoms with Gasteiger partial charge in [-0.3, -0.25) is 0 Å². The Labute approximate surface area is 107 Å². The Hall–Kier alpha value is 0.0969. The summed E-state index contributed by atoms with van der Waals surface area (Å²) in [5.74, 6) is 0.750. The predicted octanol–water partition coefficient (Wildman–Crippen LogP) is 3.62. The van der Waals surface area contributed by atoms with Crippen LogP contribution in [0.5, 0.6) is 0 Å². The summed E-state index contributed by atoms with van der Waals surface area (Å²) in [4.78, 5) is 0. The molecule has 0 radical (unpaired) electrons. The maximum absolute atomic E-state index is 5.91. The Bertz CT molecular complexity index is 176. The van der Waals surface area contributed by atoms with E-state index in [1.165, 1.54) is 32.1 Å². The van der Waals surface area contributed by atoms with Gasteiger partial charge in [-0.15, -0.1) is 0 Å². The zero-order valence-electron chi connectivity index (χ0n) is 11.7. The Kier molecular flexibility index (Phi) is 7.35. The van der Waals surface area contributed by atoms with Crippen LogP contribution in [0.4, 0.5) is 0 Å². The molecule has 3 nitrogen and oxygen atoms in total. The third kappa shape index (κ3) is 5.08. The molecular formula is C13H28O3Si. The molecule has 0 heterocycles. The van der Waals surface area contributed by atoms with Crippen molar-refractivity contribution in [1.29, 1.82) is 0 Å². The number of hydrogen-bond donors (Lipinski definition) is 0. The first-order chi connectivity index (χ1) is 8.26. The van der Waals surface area contributed by atoms with Crippen molar-refractivity contribution in [3.05, 3.63) is 0 Å². The Morgan fingerprint density at radius 2 is 1.29 bits per heavy atom. The van der Waals surface area contributed by atoms with Gasteiger partial charge in [0.15, 0.2) is 0 Å². The van der Waals surface area contributed by atoms with Crippen molar-refractivity contribution in [3.63, 3.8) is 0 Å². The first kappa shape index (κ1) is 15.2. The van der Waals surface area contributed by atoms with Crippen molar-refractivity contribution >= 4 is 8.80 Å². The molecule has 0 amide bonds. The molecule has 0 unspecified atom stereocenters. The molecule has 1 fully saturated rings. The van der Waals surface area contributed by atoms with Crippen LogP contribution in [0.2, 0.25) is 6.04 Å². The van der Waals surface area contributed by atoms with Crippen molar-refractivity contribution < 1.29 is 13.3 Å². The van der Waals surface area contributed by atoms with Crippen molar-refractivity contribution in [2.75, 3.05) is 19.8 Å². The van der Waals surface area contributed by atoms with Crippen LogP contribution in [0.25, 0.3) is 0 Å². The molecule has 17 heavy (non-hydrogen) atoms. The van der Waals surface area contributed by atoms with E-state index in [1.807, 2.05) is 20.8 Å². The molecule has 1 aliphatic carbocycles. The second-order valence-electron chi connectivity index (χ2n) is 4.69. The topological polar surface area (TPSA) is 27.7 Å². The molecule has 1 saturated carbocycles. The van der Waals surface area contributed by atoms with E-state index in [1.54, 1.807) is 0 Å². The van der Waals surface area contributed by atoms with Crippen LogP contribution in [0.1, 0.15) is 52.9 Å². The molecule has 1 aliphatic rings. The van der Waals surface area contributed by atoms with Gasteiger partial charge in [0.25, 0.3) is 0 Å². The molecule has 0 aromatic heterocycles. The van der Waals surface area contributed by atoms with Crippen LogP contribution in [-0.4, -0.2) is 28.6 Å². The standard InChI is InChI=1S/C13H28O3Si/c1-4-14-17(15-5-2,16-6-3)12-13-10-8-7-9-11-13/h13H,4-12H2,1-3H3. The molecule has 0 N–H and O–H groups in total. The Morgan fingerprint density at radius 3 is 1.71 bits per heavy atom. The Balaban J connectivity index is 2.57. The molecule has 0 spiro atoms. The summed E-state index contributed by atoms with van der Waals surface area (Å²) < 4.78 is 17.7. The maximum Gasteiger partial charge on any atom is 0.501 e. The van der Waals surface area contributed by atoms with E-state index in [9.17, 15) is 0 Å². The second-order valence-corrected chi connectivity index (χ2v) is 7.33. The minimum atomic E-state index is -2.38. The first-order valence-electron chi connectivity index (χ1n) is 7.18. The highest BCUT2D eigenvalue weighted by Gasteiger charge is 2.42. The second kappa shape index (κ2) is 8.24. The van der Waals surface area contributed by atoms with Crippen LogP contribution in [0.15, 0.2) is 0 Å². The molecule has 0 aromatic carbocycles. The fourth-order valence-corrected chi connectivity index (χ4v) is 5.74. The smallest absolute Gasteiger partial charge is 0.374 e. The van der Waals surface area contributed by atoms with Crippen LogP contribution >= 0.6 is 0 Å². The Morgan fingerprint density at radius 1 is 0.824 bits per heavy atom.